The molecule has 0 radical (unpaired) electrons. The SMILES string of the molecule is CC(NCc1cccc(-c2cccnc2)c1)c1ccc2[nH]c(=O)[nH]c2c1. The van der Waals surface area contributed by atoms with E-state index in [9.17, 15) is 4.79 Å². The number of H-pyrrole nitrogens is 2. The molecule has 0 aliphatic heterocycles. The number of hydrogen-bond donors (Lipinski definition) is 3. The van der Waals surface area contributed by atoms with Crippen LogP contribution in [0.5, 0.6) is 0 Å². The van der Waals surface area contributed by atoms with E-state index in [1.165, 1.54) is 5.56 Å². The monoisotopic (exact) mass is 344 g/mol. The first-order valence-electron chi connectivity index (χ1n) is 8.64. The summed E-state index contributed by atoms with van der Waals surface area (Å²) in [5.74, 6) is 0. The standard InChI is InChI=1S/C21H20N4O/c1-14(16-7-8-19-20(11-16)25-21(26)24-19)23-12-15-4-2-5-17(10-15)18-6-3-9-22-13-18/h2-11,13-14,23H,12H2,1H3,(H2,24,25,26). The van der Waals surface area contributed by atoms with Crippen LogP contribution in [0.2, 0.25) is 0 Å². The zero-order valence-corrected chi connectivity index (χ0v) is 14.5. The Morgan fingerprint density at radius 3 is 2.69 bits per heavy atom. The molecule has 1 unspecified atom stereocenters. The maximum atomic E-state index is 11.4. The van der Waals surface area contributed by atoms with Crippen molar-refractivity contribution in [1.82, 2.24) is 20.3 Å². The number of nitrogens with one attached hydrogen (secondary N) is 3. The zero-order chi connectivity index (χ0) is 17.9. The van der Waals surface area contributed by atoms with Crippen LogP contribution >= 0.6 is 0 Å². The lowest BCUT2D eigenvalue weighted by Crippen LogP contribution is -2.18. The third-order valence-electron chi connectivity index (χ3n) is 4.57. The number of aromatic nitrogens is 3. The summed E-state index contributed by atoms with van der Waals surface area (Å²) in [6.45, 7) is 2.88. The molecule has 130 valence electrons. The van der Waals surface area contributed by atoms with Crippen molar-refractivity contribution in [3.05, 3.63) is 88.6 Å². The summed E-state index contributed by atoms with van der Waals surface area (Å²) in [5, 5.41) is 3.55. The third kappa shape index (κ3) is 3.43. The fourth-order valence-corrected chi connectivity index (χ4v) is 3.10. The van der Waals surface area contributed by atoms with Crippen LogP contribution in [0.4, 0.5) is 0 Å². The highest BCUT2D eigenvalue weighted by Gasteiger charge is 2.08. The number of hydrogen-bond acceptors (Lipinski definition) is 3. The van der Waals surface area contributed by atoms with Crippen molar-refractivity contribution in [1.29, 1.82) is 0 Å². The molecular weight excluding hydrogens is 324 g/mol. The van der Waals surface area contributed by atoms with Gasteiger partial charge in [0.25, 0.3) is 0 Å². The van der Waals surface area contributed by atoms with Gasteiger partial charge >= 0.3 is 5.69 Å². The van der Waals surface area contributed by atoms with Crippen molar-refractivity contribution < 1.29 is 0 Å². The van der Waals surface area contributed by atoms with Crippen LogP contribution < -0.4 is 11.0 Å². The number of rotatable bonds is 5. The van der Waals surface area contributed by atoms with Gasteiger partial charge in [-0.1, -0.05) is 30.3 Å². The highest BCUT2D eigenvalue weighted by molar-refractivity contribution is 5.75. The van der Waals surface area contributed by atoms with Gasteiger partial charge in [0.2, 0.25) is 0 Å². The molecule has 0 spiro atoms. The van der Waals surface area contributed by atoms with Gasteiger partial charge in [0, 0.05) is 25.0 Å². The van der Waals surface area contributed by atoms with Gasteiger partial charge in [-0.2, -0.15) is 0 Å². The number of aromatic amines is 2. The van der Waals surface area contributed by atoms with E-state index in [1.54, 1.807) is 6.20 Å². The number of nitrogens with zero attached hydrogens (tertiary/aromatic N) is 1. The second-order valence-electron chi connectivity index (χ2n) is 6.43. The van der Waals surface area contributed by atoms with Crippen molar-refractivity contribution in [2.45, 2.75) is 19.5 Å². The molecule has 0 bridgehead atoms. The molecule has 0 amide bonds. The smallest absolute Gasteiger partial charge is 0.306 e. The third-order valence-corrected chi connectivity index (χ3v) is 4.57. The molecule has 5 heteroatoms. The van der Waals surface area contributed by atoms with Crippen LogP contribution in [0.15, 0.2) is 71.8 Å². The minimum absolute atomic E-state index is 0.167. The first kappa shape index (κ1) is 16.3. The molecule has 0 saturated carbocycles. The molecule has 2 heterocycles. The Balaban J connectivity index is 1.48. The van der Waals surface area contributed by atoms with E-state index in [-0.39, 0.29) is 11.7 Å². The maximum absolute atomic E-state index is 11.4. The Hall–Kier alpha value is -3.18. The van der Waals surface area contributed by atoms with Crippen LogP contribution in [0.3, 0.4) is 0 Å². The first-order chi connectivity index (χ1) is 12.7. The Bertz CT molecular complexity index is 1080. The summed E-state index contributed by atoms with van der Waals surface area (Å²) in [6.07, 6.45) is 3.66. The van der Waals surface area contributed by atoms with Gasteiger partial charge in [-0.15, -0.1) is 0 Å². The van der Waals surface area contributed by atoms with Crippen molar-refractivity contribution in [3.8, 4) is 11.1 Å². The molecule has 5 nitrogen and oxygen atoms in total. The lowest BCUT2D eigenvalue weighted by Gasteiger charge is -2.15. The highest BCUT2D eigenvalue weighted by Crippen LogP contribution is 2.21. The maximum Gasteiger partial charge on any atom is 0.323 e. The fourth-order valence-electron chi connectivity index (χ4n) is 3.10. The molecule has 2 aromatic carbocycles. The Morgan fingerprint density at radius 2 is 1.85 bits per heavy atom. The van der Waals surface area contributed by atoms with Crippen LogP contribution in [0.1, 0.15) is 24.1 Å². The number of fused-ring (bicyclic) bond motifs is 1. The molecule has 0 fully saturated rings. The molecule has 0 aliphatic carbocycles. The predicted molar refractivity (Wildman–Crippen MR) is 104 cm³/mol. The van der Waals surface area contributed by atoms with Crippen LogP contribution in [0, 0.1) is 0 Å². The van der Waals surface area contributed by atoms with E-state index < -0.39 is 0 Å². The van der Waals surface area contributed by atoms with E-state index in [0.717, 1.165) is 34.3 Å². The van der Waals surface area contributed by atoms with Gasteiger partial charge in [-0.3, -0.25) is 4.98 Å². The van der Waals surface area contributed by atoms with Gasteiger partial charge in [-0.05, 0) is 53.4 Å². The zero-order valence-electron chi connectivity index (χ0n) is 14.5. The quantitative estimate of drug-likeness (QED) is 0.516. The van der Waals surface area contributed by atoms with Crippen molar-refractivity contribution >= 4 is 11.0 Å². The second kappa shape index (κ2) is 6.98. The largest absolute Gasteiger partial charge is 0.323 e. The summed E-state index contributed by atoms with van der Waals surface area (Å²) in [4.78, 5) is 21.2. The summed E-state index contributed by atoms with van der Waals surface area (Å²) in [6, 6.07) is 18.6. The molecule has 0 aliphatic rings. The van der Waals surface area contributed by atoms with Crippen LogP contribution in [-0.2, 0) is 6.54 Å². The first-order valence-corrected chi connectivity index (χ1v) is 8.64. The number of pyridine rings is 1. The minimum Gasteiger partial charge on any atom is -0.306 e. The summed E-state index contributed by atoms with van der Waals surface area (Å²) in [7, 11) is 0. The van der Waals surface area contributed by atoms with E-state index in [0.29, 0.717) is 0 Å². The van der Waals surface area contributed by atoms with Crippen LogP contribution in [-0.4, -0.2) is 15.0 Å². The Labute approximate surface area is 151 Å². The number of benzene rings is 2. The lowest BCUT2D eigenvalue weighted by atomic mass is 10.0. The normalized spacial score (nSPS) is 12.3. The molecular formula is C21H20N4O. The molecule has 26 heavy (non-hydrogen) atoms. The molecule has 0 saturated heterocycles. The average molecular weight is 344 g/mol. The van der Waals surface area contributed by atoms with Crippen LogP contribution in [0.25, 0.3) is 22.2 Å². The highest BCUT2D eigenvalue weighted by atomic mass is 16.1. The van der Waals surface area contributed by atoms with Crippen molar-refractivity contribution in [2.75, 3.05) is 0 Å². The minimum atomic E-state index is -0.176. The molecule has 3 N–H and O–H groups in total. The van der Waals surface area contributed by atoms with E-state index in [2.05, 4.69) is 57.5 Å². The van der Waals surface area contributed by atoms with Crippen molar-refractivity contribution in [2.24, 2.45) is 0 Å². The topological polar surface area (TPSA) is 73.6 Å². The van der Waals surface area contributed by atoms with E-state index in [4.69, 9.17) is 0 Å². The number of imidazole rings is 1. The predicted octanol–water partition coefficient (Wildman–Crippen LogP) is 3.77. The van der Waals surface area contributed by atoms with Gasteiger partial charge < -0.3 is 15.3 Å². The van der Waals surface area contributed by atoms with E-state index >= 15 is 0 Å². The van der Waals surface area contributed by atoms with Gasteiger partial charge in [0.05, 0.1) is 11.0 Å². The van der Waals surface area contributed by atoms with Crippen molar-refractivity contribution in [3.63, 3.8) is 0 Å². The Morgan fingerprint density at radius 1 is 1.00 bits per heavy atom. The van der Waals surface area contributed by atoms with Gasteiger partial charge in [0.1, 0.15) is 0 Å². The molecule has 4 aromatic rings. The fraction of sp³-hybridized carbons (Fsp3) is 0.143. The summed E-state index contributed by atoms with van der Waals surface area (Å²) < 4.78 is 0. The van der Waals surface area contributed by atoms with E-state index in [1.807, 2.05) is 30.5 Å². The second-order valence-corrected chi connectivity index (χ2v) is 6.43. The van der Waals surface area contributed by atoms with Gasteiger partial charge in [0.15, 0.2) is 0 Å². The van der Waals surface area contributed by atoms with Gasteiger partial charge in [-0.25, -0.2) is 4.79 Å². The summed E-state index contributed by atoms with van der Waals surface area (Å²) in [5.41, 5.74) is 6.12. The summed E-state index contributed by atoms with van der Waals surface area (Å²) >= 11 is 0. The molecule has 2 aromatic heterocycles. The average Bonchev–Trinajstić information content (AvgIpc) is 3.06. The lowest BCUT2D eigenvalue weighted by molar-refractivity contribution is 0.575. The molecule has 4 rings (SSSR count). The Kier molecular flexibility index (Phi) is 4.37. The molecule has 1 atom stereocenters.